The number of aliphatic imine (C=N–C) groups is 1. The molecule has 2 heterocycles. The maximum atomic E-state index is 11.6. The first-order valence-corrected chi connectivity index (χ1v) is 11.6. The minimum atomic E-state index is -2.82. The van der Waals surface area contributed by atoms with Gasteiger partial charge in [-0.05, 0) is 25.2 Å². The molecule has 0 aliphatic carbocycles. The van der Waals surface area contributed by atoms with E-state index < -0.39 is 9.84 Å². The summed E-state index contributed by atoms with van der Waals surface area (Å²) in [5.41, 5.74) is 1.03. The summed E-state index contributed by atoms with van der Waals surface area (Å²) in [6.45, 7) is 13.7. The predicted molar refractivity (Wildman–Crippen MR) is 105 cm³/mol. The monoisotopic (exact) mass is 373 g/mol. The molecule has 138 valence electrons. The molecule has 2 unspecified atom stereocenters. The van der Waals surface area contributed by atoms with Gasteiger partial charge < -0.3 is 10.2 Å². The summed E-state index contributed by atoms with van der Waals surface area (Å²) in [6, 6.07) is 0. The normalized spacial score (nSPS) is 27.5. The van der Waals surface area contributed by atoms with E-state index in [0.29, 0.717) is 35.8 Å². The van der Waals surface area contributed by atoms with Crippen LogP contribution in [-0.2, 0) is 9.84 Å². The lowest BCUT2D eigenvalue weighted by atomic mass is 10.1. The average molecular weight is 374 g/mol. The topological polar surface area (TPSA) is 61.8 Å². The molecule has 5 nitrogen and oxygen atoms in total. The second-order valence-corrected chi connectivity index (χ2v) is 10.9. The van der Waals surface area contributed by atoms with Crippen LogP contribution in [0.1, 0.15) is 27.2 Å². The van der Waals surface area contributed by atoms with Gasteiger partial charge in [0.2, 0.25) is 0 Å². The van der Waals surface area contributed by atoms with Gasteiger partial charge in [0.1, 0.15) is 0 Å². The second kappa shape index (κ2) is 8.61. The molecular weight excluding hydrogens is 342 g/mol. The molecule has 0 aromatic heterocycles. The van der Waals surface area contributed by atoms with Crippen LogP contribution in [-0.4, -0.2) is 68.0 Å². The number of guanidine groups is 1. The SMILES string of the molecule is C=C(C)CN=C(NCC1CCS(=O)(=O)C1)N1CCSC(C(C)C)C1. The highest BCUT2D eigenvalue weighted by atomic mass is 32.2. The van der Waals surface area contributed by atoms with E-state index >= 15 is 0 Å². The minimum absolute atomic E-state index is 0.199. The fourth-order valence-electron chi connectivity index (χ4n) is 3.02. The Bertz CT molecular complexity index is 572. The molecule has 0 spiro atoms. The second-order valence-electron chi connectivity index (χ2n) is 7.35. The fourth-order valence-corrected chi connectivity index (χ4v) is 6.18. The van der Waals surface area contributed by atoms with Crippen molar-refractivity contribution in [2.24, 2.45) is 16.8 Å². The Morgan fingerprint density at radius 2 is 2.21 bits per heavy atom. The van der Waals surface area contributed by atoms with Gasteiger partial charge in [0.05, 0.1) is 18.1 Å². The average Bonchev–Trinajstić information content (AvgIpc) is 2.86. The molecule has 0 aromatic carbocycles. The quantitative estimate of drug-likeness (QED) is 0.454. The van der Waals surface area contributed by atoms with Gasteiger partial charge in [-0.25, -0.2) is 13.4 Å². The van der Waals surface area contributed by atoms with E-state index in [-0.39, 0.29) is 5.92 Å². The molecule has 0 aromatic rings. The maximum Gasteiger partial charge on any atom is 0.194 e. The lowest BCUT2D eigenvalue weighted by Gasteiger charge is -2.36. The van der Waals surface area contributed by atoms with Gasteiger partial charge in [0, 0.05) is 30.6 Å². The first-order valence-electron chi connectivity index (χ1n) is 8.76. The van der Waals surface area contributed by atoms with Gasteiger partial charge in [-0.3, -0.25) is 0 Å². The maximum absolute atomic E-state index is 11.6. The molecule has 2 atom stereocenters. The molecular formula is C17H31N3O2S2. The van der Waals surface area contributed by atoms with E-state index in [1.807, 2.05) is 18.7 Å². The molecule has 1 N–H and O–H groups in total. The van der Waals surface area contributed by atoms with E-state index in [0.717, 1.165) is 36.8 Å². The largest absolute Gasteiger partial charge is 0.356 e. The first-order chi connectivity index (χ1) is 11.3. The van der Waals surface area contributed by atoms with Gasteiger partial charge in [-0.15, -0.1) is 0 Å². The van der Waals surface area contributed by atoms with Crippen LogP contribution in [0.3, 0.4) is 0 Å². The van der Waals surface area contributed by atoms with Crippen molar-refractivity contribution in [2.45, 2.75) is 32.4 Å². The third-order valence-corrected chi connectivity index (χ3v) is 7.89. The predicted octanol–water partition coefficient (Wildman–Crippen LogP) is 2.02. The molecule has 0 saturated carbocycles. The number of hydrogen-bond acceptors (Lipinski definition) is 4. The Balaban J connectivity index is 1.99. The van der Waals surface area contributed by atoms with Crippen molar-refractivity contribution in [3.05, 3.63) is 12.2 Å². The van der Waals surface area contributed by atoms with Gasteiger partial charge >= 0.3 is 0 Å². The Morgan fingerprint density at radius 3 is 2.79 bits per heavy atom. The Kier molecular flexibility index (Phi) is 7.04. The first kappa shape index (κ1) is 19.6. The molecule has 0 bridgehead atoms. The molecule has 24 heavy (non-hydrogen) atoms. The van der Waals surface area contributed by atoms with Crippen LogP contribution in [0.15, 0.2) is 17.1 Å². The number of thioether (sulfide) groups is 1. The smallest absolute Gasteiger partial charge is 0.194 e. The van der Waals surface area contributed by atoms with Crippen LogP contribution in [0, 0.1) is 11.8 Å². The zero-order valence-corrected chi connectivity index (χ0v) is 16.8. The summed E-state index contributed by atoms with van der Waals surface area (Å²) < 4.78 is 23.3. The molecule has 2 rings (SSSR count). The molecule has 2 aliphatic heterocycles. The van der Waals surface area contributed by atoms with Gasteiger partial charge in [0.15, 0.2) is 15.8 Å². The summed E-state index contributed by atoms with van der Waals surface area (Å²) in [7, 11) is -2.82. The summed E-state index contributed by atoms with van der Waals surface area (Å²) >= 11 is 2.04. The standard InChI is InChI=1S/C17H31N3O2S2/c1-13(2)9-18-17(19-10-15-5-8-24(21,22)12-15)20-6-7-23-16(11-20)14(3)4/h14-16H,1,5-12H2,2-4H3,(H,18,19). The van der Waals surface area contributed by atoms with Crippen LogP contribution in [0.4, 0.5) is 0 Å². The van der Waals surface area contributed by atoms with Crippen molar-refractivity contribution in [3.63, 3.8) is 0 Å². The lowest BCUT2D eigenvalue weighted by molar-refractivity contribution is 0.377. The van der Waals surface area contributed by atoms with Crippen LogP contribution < -0.4 is 5.32 Å². The molecule has 0 radical (unpaired) electrons. The third kappa shape index (κ3) is 5.99. The molecule has 2 aliphatic rings. The van der Waals surface area contributed by atoms with Crippen LogP contribution in [0.2, 0.25) is 0 Å². The third-order valence-electron chi connectivity index (χ3n) is 4.51. The number of nitrogens with zero attached hydrogens (tertiary/aromatic N) is 2. The van der Waals surface area contributed by atoms with Crippen molar-refractivity contribution in [1.82, 2.24) is 10.2 Å². The molecule has 2 saturated heterocycles. The van der Waals surface area contributed by atoms with Gasteiger partial charge in [0.25, 0.3) is 0 Å². The van der Waals surface area contributed by atoms with E-state index in [2.05, 4.69) is 30.6 Å². The molecule has 7 heteroatoms. The number of sulfone groups is 1. The summed E-state index contributed by atoms with van der Waals surface area (Å²) in [4.78, 5) is 7.04. The Hall–Kier alpha value is -0.690. The van der Waals surface area contributed by atoms with Gasteiger partial charge in [-0.1, -0.05) is 26.0 Å². The highest BCUT2D eigenvalue weighted by Gasteiger charge is 2.29. The minimum Gasteiger partial charge on any atom is -0.356 e. The fraction of sp³-hybridized carbons (Fsp3) is 0.824. The van der Waals surface area contributed by atoms with Crippen molar-refractivity contribution >= 4 is 27.6 Å². The molecule has 0 amide bonds. The zero-order valence-electron chi connectivity index (χ0n) is 15.1. The van der Waals surface area contributed by atoms with E-state index in [9.17, 15) is 8.42 Å². The van der Waals surface area contributed by atoms with Crippen LogP contribution >= 0.6 is 11.8 Å². The van der Waals surface area contributed by atoms with Crippen molar-refractivity contribution in [2.75, 3.05) is 43.4 Å². The van der Waals surface area contributed by atoms with Crippen molar-refractivity contribution in [1.29, 1.82) is 0 Å². The van der Waals surface area contributed by atoms with E-state index in [4.69, 9.17) is 4.99 Å². The zero-order chi connectivity index (χ0) is 17.7. The van der Waals surface area contributed by atoms with E-state index in [1.54, 1.807) is 0 Å². The summed E-state index contributed by atoms with van der Waals surface area (Å²) in [6.07, 6.45) is 0.758. The highest BCUT2D eigenvalue weighted by Crippen LogP contribution is 2.25. The van der Waals surface area contributed by atoms with Gasteiger partial charge in [-0.2, -0.15) is 11.8 Å². The molecule has 2 fully saturated rings. The summed E-state index contributed by atoms with van der Waals surface area (Å²) in [5, 5.41) is 4.06. The number of hydrogen-bond donors (Lipinski definition) is 1. The summed E-state index contributed by atoms with van der Waals surface area (Å²) in [5.74, 6) is 3.48. The van der Waals surface area contributed by atoms with Crippen LogP contribution in [0.25, 0.3) is 0 Å². The lowest BCUT2D eigenvalue weighted by Crippen LogP contribution is -2.50. The van der Waals surface area contributed by atoms with E-state index in [1.165, 1.54) is 0 Å². The number of nitrogens with one attached hydrogen (secondary N) is 1. The van der Waals surface area contributed by atoms with Crippen LogP contribution in [0.5, 0.6) is 0 Å². The Labute approximate surface area is 151 Å². The number of rotatable bonds is 5. The van der Waals surface area contributed by atoms with Crippen molar-refractivity contribution < 1.29 is 8.42 Å². The van der Waals surface area contributed by atoms with Crippen molar-refractivity contribution in [3.8, 4) is 0 Å². The highest BCUT2D eigenvalue weighted by molar-refractivity contribution is 8.00. The Morgan fingerprint density at radius 1 is 1.46 bits per heavy atom.